The van der Waals surface area contributed by atoms with E-state index in [2.05, 4.69) is 0 Å². The molecule has 0 aromatic heterocycles. The van der Waals surface area contributed by atoms with Gasteiger partial charge in [0.25, 0.3) is 0 Å². The first-order chi connectivity index (χ1) is 8.41. The van der Waals surface area contributed by atoms with Crippen molar-refractivity contribution in [2.24, 2.45) is 0 Å². The van der Waals surface area contributed by atoms with E-state index in [0.29, 0.717) is 5.08 Å². The molecule has 1 heterocycles. The molecule has 0 aromatic carbocycles. The van der Waals surface area contributed by atoms with Crippen LogP contribution in [0.2, 0.25) is 0 Å². The Morgan fingerprint density at radius 1 is 1.11 bits per heavy atom. The van der Waals surface area contributed by atoms with E-state index in [0.717, 1.165) is 0 Å². The first-order valence-corrected chi connectivity index (χ1v) is 8.19. The maximum Gasteiger partial charge on any atom is 0.351 e. The highest BCUT2D eigenvalue weighted by Crippen LogP contribution is 2.32. The van der Waals surface area contributed by atoms with Crippen molar-refractivity contribution in [1.29, 1.82) is 0 Å². The minimum absolute atomic E-state index is 0.124. The van der Waals surface area contributed by atoms with Crippen molar-refractivity contribution in [3.8, 4) is 0 Å². The van der Waals surface area contributed by atoms with Crippen LogP contribution in [0.5, 0.6) is 0 Å². The van der Waals surface area contributed by atoms with E-state index in [1.54, 1.807) is 39.5 Å². The molecule has 4 nitrogen and oxygen atoms in total. The van der Waals surface area contributed by atoms with Crippen LogP contribution < -0.4 is 0 Å². The Hall–Kier alpha value is -0.750. The van der Waals surface area contributed by atoms with Crippen LogP contribution in [0.1, 0.15) is 27.7 Å². The predicted molar refractivity (Wildman–Crippen MR) is 76.7 cm³/mol. The molecule has 0 aliphatic carbocycles. The number of carbonyl (C=O) groups excluding carboxylic acids is 2. The second-order valence-corrected chi connectivity index (χ2v) is 7.31. The Kier molecular flexibility index (Phi) is 5.95. The number of esters is 2. The largest absolute Gasteiger partial charge is 0.459 e. The van der Waals surface area contributed by atoms with Crippen molar-refractivity contribution in [2.75, 3.05) is 5.08 Å². The first kappa shape index (κ1) is 15.3. The molecule has 6 heteroatoms. The molecular formula is C12H18O4S2. The maximum absolute atomic E-state index is 12.0. The lowest BCUT2D eigenvalue weighted by Crippen LogP contribution is -2.31. The maximum atomic E-state index is 12.0. The molecule has 1 unspecified atom stereocenters. The average molecular weight is 290 g/mol. The van der Waals surface area contributed by atoms with Crippen LogP contribution in [0.4, 0.5) is 0 Å². The van der Waals surface area contributed by atoms with Crippen molar-refractivity contribution < 1.29 is 19.1 Å². The molecule has 0 saturated carbocycles. The molecule has 0 amide bonds. The highest BCUT2D eigenvalue weighted by molar-refractivity contribution is 8.31. The summed E-state index contributed by atoms with van der Waals surface area (Å²) < 4.78 is 10.2. The molecule has 1 rings (SSSR count). The lowest BCUT2D eigenvalue weighted by atomic mass is 10.4. The third kappa shape index (κ3) is 4.49. The van der Waals surface area contributed by atoms with Gasteiger partial charge in [-0.05, 0) is 38.5 Å². The molecule has 0 N–H and O–H groups in total. The van der Waals surface area contributed by atoms with Crippen LogP contribution in [0, 0.1) is 0 Å². The van der Waals surface area contributed by atoms with Crippen LogP contribution in [-0.4, -0.2) is 34.1 Å². The van der Waals surface area contributed by atoms with E-state index in [-0.39, 0.29) is 17.1 Å². The normalized spacial score (nSPS) is 18.2. The fourth-order valence-electron chi connectivity index (χ4n) is 1.22. The molecule has 0 radical (unpaired) electrons. The second-order valence-electron chi connectivity index (χ2n) is 4.22. The number of rotatable bonds is 4. The van der Waals surface area contributed by atoms with Gasteiger partial charge in [0.1, 0.15) is 0 Å². The van der Waals surface area contributed by atoms with Gasteiger partial charge in [0.2, 0.25) is 0 Å². The summed E-state index contributed by atoms with van der Waals surface area (Å²) in [6, 6.07) is 0. The van der Waals surface area contributed by atoms with E-state index in [1.807, 2.05) is 10.8 Å². The lowest BCUT2D eigenvalue weighted by molar-refractivity contribution is -0.144. The van der Waals surface area contributed by atoms with Gasteiger partial charge in [-0.3, -0.25) is 0 Å². The van der Waals surface area contributed by atoms with Crippen molar-refractivity contribution in [2.45, 2.75) is 39.9 Å². The van der Waals surface area contributed by atoms with E-state index in [4.69, 9.17) is 9.47 Å². The first-order valence-electron chi connectivity index (χ1n) is 5.68. The molecular weight excluding hydrogens is 272 g/mol. The van der Waals surface area contributed by atoms with Crippen LogP contribution >= 0.6 is 22.2 Å². The number of hydrogen-bond acceptors (Lipinski definition) is 5. The van der Waals surface area contributed by atoms with Crippen molar-refractivity contribution in [1.82, 2.24) is 0 Å². The van der Waals surface area contributed by atoms with Crippen LogP contribution in [0.3, 0.4) is 0 Å². The third-order valence-corrected chi connectivity index (χ3v) is 5.21. The Morgan fingerprint density at radius 3 is 1.94 bits per heavy atom. The number of hydrogen-bond donors (Lipinski definition) is 0. The summed E-state index contributed by atoms with van der Waals surface area (Å²) >= 11 is 1.58. The monoisotopic (exact) mass is 290 g/mol. The molecule has 1 atom stereocenters. The van der Waals surface area contributed by atoms with Gasteiger partial charge in [-0.15, -0.1) is 22.2 Å². The summed E-state index contributed by atoms with van der Waals surface area (Å²) in [5.41, 5.74) is 0. The number of thioether (sulfide) groups is 1. The zero-order valence-corrected chi connectivity index (χ0v) is 12.6. The Morgan fingerprint density at radius 2 is 1.61 bits per heavy atom. The predicted octanol–water partition coefficient (Wildman–Crippen LogP) is 2.51. The summed E-state index contributed by atoms with van der Waals surface area (Å²) in [4.78, 5) is 24.1. The van der Waals surface area contributed by atoms with Gasteiger partial charge in [-0.1, -0.05) is 0 Å². The molecule has 0 aromatic rings. The van der Waals surface area contributed by atoms with Crippen molar-refractivity contribution in [3.05, 3.63) is 10.8 Å². The molecule has 102 valence electrons. The van der Waals surface area contributed by atoms with E-state index < -0.39 is 22.4 Å². The SMILES string of the molecule is CC(C)OC(=O)C(C(=O)OC(C)C)=S1C=CSC1. The summed E-state index contributed by atoms with van der Waals surface area (Å²) in [5.74, 6) is -1.13. The van der Waals surface area contributed by atoms with Gasteiger partial charge < -0.3 is 9.47 Å². The molecule has 0 bridgehead atoms. The Bertz CT molecular complexity index is 373. The minimum atomic E-state index is -0.564. The summed E-state index contributed by atoms with van der Waals surface area (Å²) in [7, 11) is -0.508. The molecule has 1 aliphatic rings. The molecule has 0 spiro atoms. The number of ether oxygens (including phenoxy) is 2. The van der Waals surface area contributed by atoms with Gasteiger partial charge in [-0.2, -0.15) is 0 Å². The topological polar surface area (TPSA) is 52.6 Å². The second kappa shape index (κ2) is 6.99. The number of carbonyl (C=O) groups is 2. The third-order valence-electron chi connectivity index (χ3n) is 1.83. The smallest absolute Gasteiger partial charge is 0.351 e. The minimum Gasteiger partial charge on any atom is -0.459 e. The summed E-state index contributed by atoms with van der Waals surface area (Å²) in [6.45, 7) is 7.02. The van der Waals surface area contributed by atoms with Gasteiger partial charge in [0.15, 0.2) is 4.86 Å². The standard InChI is InChI=1S/C12H18O4S2/c1-8(2)15-11(13)10(12(14)16-9(3)4)18-6-5-17-7-18/h5-6,8-9H,7H2,1-4H3. The zero-order chi connectivity index (χ0) is 13.7. The molecule has 18 heavy (non-hydrogen) atoms. The quantitative estimate of drug-likeness (QED) is 0.452. The average Bonchev–Trinajstić information content (AvgIpc) is 2.68. The Balaban J connectivity index is 2.96. The van der Waals surface area contributed by atoms with Crippen LogP contribution in [0.25, 0.3) is 0 Å². The summed E-state index contributed by atoms with van der Waals surface area (Å²) in [5, 5.41) is 4.47. The highest BCUT2D eigenvalue weighted by atomic mass is 32.2. The van der Waals surface area contributed by atoms with Gasteiger partial charge in [0.05, 0.1) is 12.2 Å². The molecule has 1 aliphatic heterocycles. The van der Waals surface area contributed by atoms with E-state index in [9.17, 15) is 9.59 Å². The van der Waals surface area contributed by atoms with Gasteiger partial charge in [-0.25, -0.2) is 9.59 Å². The lowest BCUT2D eigenvalue weighted by Gasteiger charge is -2.14. The van der Waals surface area contributed by atoms with Crippen molar-refractivity contribution >= 4 is 39.0 Å². The molecule has 0 fully saturated rings. The van der Waals surface area contributed by atoms with Crippen LogP contribution in [-0.2, 0) is 19.1 Å². The van der Waals surface area contributed by atoms with Crippen LogP contribution in [0.15, 0.2) is 10.8 Å². The summed E-state index contributed by atoms with van der Waals surface area (Å²) in [6.07, 6.45) is -0.496. The van der Waals surface area contributed by atoms with Crippen molar-refractivity contribution in [3.63, 3.8) is 0 Å². The fraction of sp³-hybridized carbons (Fsp3) is 0.583. The zero-order valence-electron chi connectivity index (χ0n) is 11.0. The van der Waals surface area contributed by atoms with E-state index >= 15 is 0 Å². The van der Waals surface area contributed by atoms with E-state index in [1.165, 1.54) is 0 Å². The van der Waals surface area contributed by atoms with Gasteiger partial charge in [0, 0.05) is 5.08 Å². The van der Waals surface area contributed by atoms with Gasteiger partial charge >= 0.3 is 11.9 Å². The molecule has 0 saturated heterocycles. The highest BCUT2D eigenvalue weighted by Gasteiger charge is 2.27. The fourth-order valence-corrected chi connectivity index (χ4v) is 4.42. The Labute approximate surface area is 114 Å².